The fourth-order valence-electron chi connectivity index (χ4n) is 1.68. The molecule has 0 unspecified atom stereocenters. The third kappa shape index (κ3) is 4.51. The van der Waals surface area contributed by atoms with E-state index in [1.807, 2.05) is 0 Å². The van der Waals surface area contributed by atoms with Crippen molar-refractivity contribution >= 4 is 17.3 Å². The highest BCUT2D eigenvalue weighted by Crippen LogP contribution is 2.26. The predicted molar refractivity (Wildman–Crippen MR) is 72.7 cm³/mol. The maximum atomic E-state index is 12.2. The van der Waals surface area contributed by atoms with E-state index in [4.69, 9.17) is 0 Å². The quantitative estimate of drug-likeness (QED) is 0.905. The van der Waals surface area contributed by atoms with Crippen molar-refractivity contribution in [3.63, 3.8) is 0 Å². The van der Waals surface area contributed by atoms with Crippen LogP contribution in [-0.2, 0) is 0 Å². The van der Waals surface area contributed by atoms with Crippen molar-refractivity contribution in [3.8, 4) is 5.75 Å². The lowest BCUT2D eigenvalue weighted by Gasteiger charge is -2.11. The number of benzene rings is 1. The zero-order valence-corrected chi connectivity index (χ0v) is 11.3. The van der Waals surface area contributed by atoms with E-state index in [1.54, 1.807) is 26.1 Å². The number of aromatic nitrogens is 2. The summed E-state index contributed by atoms with van der Waals surface area (Å²) in [5.41, 5.74) is 0.428. The van der Waals surface area contributed by atoms with Gasteiger partial charge in [-0.15, -0.1) is 13.2 Å². The van der Waals surface area contributed by atoms with Crippen LogP contribution >= 0.6 is 0 Å². The second-order valence-electron chi connectivity index (χ2n) is 4.14. The van der Waals surface area contributed by atoms with Gasteiger partial charge in [-0.05, 0) is 19.1 Å². The van der Waals surface area contributed by atoms with Crippen molar-refractivity contribution in [1.82, 2.24) is 9.97 Å². The largest absolute Gasteiger partial charge is 0.573 e. The average Bonchev–Trinajstić information content (AvgIpc) is 2.36. The van der Waals surface area contributed by atoms with Crippen molar-refractivity contribution in [3.05, 3.63) is 36.2 Å². The lowest BCUT2D eigenvalue weighted by molar-refractivity contribution is -0.274. The van der Waals surface area contributed by atoms with Gasteiger partial charge in [0.1, 0.15) is 23.2 Å². The molecule has 2 N–H and O–H groups in total. The van der Waals surface area contributed by atoms with Gasteiger partial charge in [-0.3, -0.25) is 0 Å². The maximum Gasteiger partial charge on any atom is 0.573 e. The molecule has 112 valence electrons. The summed E-state index contributed by atoms with van der Waals surface area (Å²) in [7, 11) is 1.71. The zero-order chi connectivity index (χ0) is 15.5. The normalized spacial score (nSPS) is 11.1. The SMILES string of the molecule is CNc1cc(Nc2cccc(OC(F)(F)F)c2)nc(C)n1. The molecule has 0 aliphatic carbocycles. The molecule has 8 heteroatoms. The highest BCUT2D eigenvalue weighted by Gasteiger charge is 2.31. The molecule has 0 amide bonds. The third-order valence-electron chi connectivity index (χ3n) is 2.43. The Labute approximate surface area is 119 Å². The Hall–Kier alpha value is -2.51. The molecular formula is C13H13F3N4O. The number of hydrogen-bond acceptors (Lipinski definition) is 5. The summed E-state index contributed by atoms with van der Waals surface area (Å²) in [6.45, 7) is 1.72. The summed E-state index contributed by atoms with van der Waals surface area (Å²) < 4.78 is 40.4. The van der Waals surface area contributed by atoms with Crippen LogP contribution in [0.25, 0.3) is 0 Å². The zero-order valence-electron chi connectivity index (χ0n) is 11.3. The van der Waals surface area contributed by atoms with Crippen molar-refractivity contribution in [2.45, 2.75) is 13.3 Å². The molecule has 0 spiro atoms. The minimum absolute atomic E-state index is 0.299. The Morgan fingerprint density at radius 3 is 2.48 bits per heavy atom. The van der Waals surface area contributed by atoms with Crippen LogP contribution in [0.2, 0.25) is 0 Å². The van der Waals surface area contributed by atoms with Crippen LogP contribution in [0.15, 0.2) is 30.3 Å². The monoisotopic (exact) mass is 298 g/mol. The summed E-state index contributed by atoms with van der Waals surface area (Å²) in [5.74, 6) is 1.31. The standard InChI is InChI=1S/C13H13F3N4O/c1-8-18-11(17-2)7-12(19-8)20-9-4-3-5-10(6-9)21-13(14,15)16/h3-7H,1-2H3,(H2,17,18,19,20). The first-order valence-electron chi connectivity index (χ1n) is 6.02. The van der Waals surface area contributed by atoms with Crippen LogP contribution in [-0.4, -0.2) is 23.4 Å². The van der Waals surface area contributed by atoms with Crippen molar-refractivity contribution in [2.24, 2.45) is 0 Å². The van der Waals surface area contributed by atoms with Gasteiger partial charge in [-0.2, -0.15) is 0 Å². The Balaban J connectivity index is 2.20. The van der Waals surface area contributed by atoms with E-state index in [2.05, 4.69) is 25.3 Å². The smallest absolute Gasteiger partial charge is 0.406 e. The van der Waals surface area contributed by atoms with E-state index in [1.165, 1.54) is 18.2 Å². The molecule has 0 saturated heterocycles. The van der Waals surface area contributed by atoms with E-state index in [0.717, 1.165) is 0 Å². The first kappa shape index (κ1) is 14.9. The van der Waals surface area contributed by atoms with E-state index < -0.39 is 6.36 Å². The van der Waals surface area contributed by atoms with Gasteiger partial charge >= 0.3 is 6.36 Å². The number of aryl methyl sites for hydroxylation is 1. The number of halogens is 3. The van der Waals surface area contributed by atoms with Gasteiger partial charge in [0.25, 0.3) is 0 Å². The van der Waals surface area contributed by atoms with Crippen LogP contribution in [0.5, 0.6) is 5.75 Å². The van der Waals surface area contributed by atoms with Gasteiger partial charge in [0, 0.05) is 24.9 Å². The van der Waals surface area contributed by atoms with Crippen LogP contribution in [0.3, 0.4) is 0 Å². The van der Waals surface area contributed by atoms with E-state index in [-0.39, 0.29) is 5.75 Å². The molecule has 0 atom stereocenters. The fraction of sp³-hybridized carbons (Fsp3) is 0.231. The van der Waals surface area contributed by atoms with Crippen LogP contribution in [0.1, 0.15) is 5.82 Å². The molecule has 0 radical (unpaired) electrons. The lowest BCUT2D eigenvalue weighted by atomic mass is 10.3. The molecule has 0 aliphatic rings. The van der Waals surface area contributed by atoms with E-state index in [0.29, 0.717) is 23.1 Å². The summed E-state index contributed by atoms with van der Waals surface area (Å²) in [6, 6.07) is 7.17. The van der Waals surface area contributed by atoms with Gasteiger partial charge in [0.2, 0.25) is 0 Å². The molecule has 1 aromatic heterocycles. The summed E-state index contributed by atoms with van der Waals surface area (Å²) in [6.07, 6.45) is -4.72. The molecule has 0 fully saturated rings. The molecule has 0 bridgehead atoms. The van der Waals surface area contributed by atoms with E-state index >= 15 is 0 Å². The molecule has 21 heavy (non-hydrogen) atoms. The average molecular weight is 298 g/mol. The molecule has 1 heterocycles. The Kier molecular flexibility index (Phi) is 4.15. The molecular weight excluding hydrogens is 285 g/mol. The Morgan fingerprint density at radius 1 is 1.10 bits per heavy atom. The number of alkyl halides is 3. The highest BCUT2D eigenvalue weighted by molar-refractivity contribution is 5.60. The molecule has 1 aromatic carbocycles. The van der Waals surface area contributed by atoms with Gasteiger partial charge in [-0.25, -0.2) is 9.97 Å². The molecule has 2 aromatic rings. The Bertz CT molecular complexity index is 631. The minimum atomic E-state index is -4.72. The van der Waals surface area contributed by atoms with Crippen molar-refractivity contribution < 1.29 is 17.9 Å². The van der Waals surface area contributed by atoms with Crippen LogP contribution in [0.4, 0.5) is 30.5 Å². The van der Waals surface area contributed by atoms with Gasteiger partial charge in [-0.1, -0.05) is 6.07 Å². The first-order valence-corrected chi connectivity index (χ1v) is 6.02. The van der Waals surface area contributed by atoms with Crippen molar-refractivity contribution in [2.75, 3.05) is 17.7 Å². The number of nitrogens with zero attached hydrogens (tertiary/aromatic N) is 2. The van der Waals surface area contributed by atoms with Gasteiger partial charge in [0.05, 0.1) is 0 Å². The van der Waals surface area contributed by atoms with Crippen LogP contribution in [0, 0.1) is 6.92 Å². The number of ether oxygens (including phenoxy) is 1. The molecule has 0 aliphatic heterocycles. The maximum absolute atomic E-state index is 12.2. The first-order chi connectivity index (χ1) is 9.85. The van der Waals surface area contributed by atoms with Gasteiger partial charge < -0.3 is 15.4 Å². The number of nitrogens with one attached hydrogen (secondary N) is 2. The predicted octanol–water partition coefficient (Wildman–Crippen LogP) is 3.47. The summed E-state index contributed by atoms with van der Waals surface area (Å²) >= 11 is 0. The number of anilines is 3. The molecule has 0 saturated carbocycles. The second-order valence-corrected chi connectivity index (χ2v) is 4.14. The Morgan fingerprint density at radius 2 is 1.81 bits per heavy atom. The van der Waals surface area contributed by atoms with Crippen LogP contribution < -0.4 is 15.4 Å². The van der Waals surface area contributed by atoms with Gasteiger partial charge in [0.15, 0.2) is 0 Å². The molecule has 5 nitrogen and oxygen atoms in total. The minimum Gasteiger partial charge on any atom is -0.406 e. The summed E-state index contributed by atoms with van der Waals surface area (Å²) in [5, 5.41) is 5.78. The fourth-order valence-corrected chi connectivity index (χ4v) is 1.68. The highest BCUT2D eigenvalue weighted by atomic mass is 19.4. The van der Waals surface area contributed by atoms with Crippen molar-refractivity contribution in [1.29, 1.82) is 0 Å². The second kappa shape index (κ2) is 5.86. The molecule has 2 rings (SSSR count). The van der Waals surface area contributed by atoms with E-state index in [9.17, 15) is 13.2 Å². The topological polar surface area (TPSA) is 59.1 Å². The lowest BCUT2D eigenvalue weighted by Crippen LogP contribution is -2.17. The number of rotatable bonds is 4. The summed E-state index contributed by atoms with van der Waals surface area (Å²) in [4.78, 5) is 8.28. The third-order valence-corrected chi connectivity index (χ3v) is 2.43. The number of hydrogen-bond donors (Lipinski definition) is 2.